The van der Waals surface area contributed by atoms with Crippen LogP contribution in [0.25, 0.3) is 11.5 Å². The van der Waals surface area contributed by atoms with E-state index in [9.17, 15) is 9.18 Å². The molecule has 2 aromatic rings. The third kappa shape index (κ3) is 3.31. The minimum absolute atomic E-state index is 0.183. The molecule has 6 nitrogen and oxygen atoms in total. The summed E-state index contributed by atoms with van der Waals surface area (Å²) >= 11 is 0. The molecule has 2 aromatic heterocycles. The smallest absolute Gasteiger partial charge is 0.317 e. The molecule has 0 aliphatic heterocycles. The summed E-state index contributed by atoms with van der Waals surface area (Å²) in [6.45, 7) is 2.76. The maximum Gasteiger partial charge on any atom is 0.317 e. The van der Waals surface area contributed by atoms with E-state index in [4.69, 9.17) is 4.52 Å². The van der Waals surface area contributed by atoms with Crippen LogP contribution in [0.5, 0.6) is 0 Å². The van der Waals surface area contributed by atoms with Crippen LogP contribution >= 0.6 is 0 Å². The second kappa shape index (κ2) is 6.14. The Labute approximate surface area is 115 Å². The first-order chi connectivity index (χ1) is 9.60. The average molecular weight is 278 g/mol. The van der Waals surface area contributed by atoms with Crippen molar-refractivity contribution < 1.29 is 13.7 Å². The SMILES string of the molecule is CCN(C)C(=O)NCc1cc(-c2ccc(F)cn2)on1. The standard InChI is InChI=1S/C13H15FN4O2/c1-3-18(2)13(19)16-8-10-6-12(20-17-10)11-5-4-9(14)7-15-11/h4-7H,3,8H2,1-2H3,(H,16,19). The Bertz CT molecular complexity index is 582. The lowest BCUT2D eigenvalue weighted by Gasteiger charge is -2.14. The summed E-state index contributed by atoms with van der Waals surface area (Å²) in [6.07, 6.45) is 1.11. The molecule has 0 bridgehead atoms. The van der Waals surface area contributed by atoms with E-state index in [1.165, 1.54) is 12.1 Å². The highest BCUT2D eigenvalue weighted by Crippen LogP contribution is 2.17. The first-order valence-corrected chi connectivity index (χ1v) is 6.16. The molecule has 0 aromatic carbocycles. The normalized spacial score (nSPS) is 10.3. The van der Waals surface area contributed by atoms with Crippen LogP contribution in [0.4, 0.5) is 9.18 Å². The molecule has 20 heavy (non-hydrogen) atoms. The van der Waals surface area contributed by atoms with Crippen LogP contribution in [0.3, 0.4) is 0 Å². The zero-order valence-electron chi connectivity index (χ0n) is 11.3. The molecule has 0 unspecified atom stereocenters. The molecule has 0 fully saturated rings. The van der Waals surface area contributed by atoms with Crippen molar-refractivity contribution in [2.24, 2.45) is 0 Å². The third-order valence-corrected chi connectivity index (χ3v) is 2.78. The minimum atomic E-state index is -0.414. The van der Waals surface area contributed by atoms with E-state index in [1.807, 2.05) is 6.92 Å². The lowest BCUT2D eigenvalue weighted by Crippen LogP contribution is -2.36. The van der Waals surface area contributed by atoms with Gasteiger partial charge in [0.15, 0.2) is 5.76 Å². The van der Waals surface area contributed by atoms with Gasteiger partial charge in [0, 0.05) is 19.7 Å². The molecule has 106 valence electrons. The molecule has 0 saturated heterocycles. The van der Waals surface area contributed by atoms with Crippen LogP contribution in [0, 0.1) is 5.82 Å². The van der Waals surface area contributed by atoms with E-state index < -0.39 is 5.82 Å². The second-order valence-electron chi connectivity index (χ2n) is 4.22. The summed E-state index contributed by atoms with van der Waals surface area (Å²) in [7, 11) is 1.70. The highest BCUT2D eigenvalue weighted by molar-refractivity contribution is 5.73. The number of urea groups is 1. The van der Waals surface area contributed by atoms with Gasteiger partial charge in [-0.2, -0.15) is 0 Å². The summed E-state index contributed by atoms with van der Waals surface area (Å²) in [5.41, 5.74) is 1.06. The van der Waals surface area contributed by atoms with Gasteiger partial charge in [0.2, 0.25) is 0 Å². The van der Waals surface area contributed by atoms with Gasteiger partial charge in [-0.3, -0.25) is 0 Å². The van der Waals surface area contributed by atoms with Crippen molar-refractivity contribution in [2.75, 3.05) is 13.6 Å². The van der Waals surface area contributed by atoms with Crippen LogP contribution in [0.15, 0.2) is 28.9 Å². The zero-order chi connectivity index (χ0) is 14.5. The fourth-order valence-corrected chi connectivity index (χ4v) is 1.48. The summed E-state index contributed by atoms with van der Waals surface area (Å²) in [4.78, 5) is 17.0. The molecule has 0 radical (unpaired) electrons. The van der Waals surface area contributed by atoms with E-state index in [2.05, 4.69) is 15.5 Å². The molecule has 2 rings (SSSR count). The van der Waals surface area contributed by atoms with E-state index in [1.54, 1.807) is 18.0 Å². The predicted molar refractivity (Wildman–Crippen MR) is 70.2 cm³/mol. The minimum Gasteiger partial charge on any atom is -0.354 e. The van der Waals surface area contributed by atoms with Crippen molar-refractivity contribution in [1.29, 1.82) is 0 Å². The first kappa shape index (κ1) is 14.0. The predicted octanol–water partition coefficient (Wildman–Crippen LogP) is 2.04. The van der Waals surface area contributed by atoms with E-state index in [0.717, 1.165) is 6.20 Å². The maximum absolute atomic E-state index is 12.8. The molecule has 2 amide bonds. The molecule has 0 atom stereocenters. The topological polar surface area (TPSA) is 71.3 Å². The van der Waals surface area contributed by atoms with Gasteiger partial charge in [-0.15, -0.1) is 0 Å². The Balaban J connectivity index is 1.99. The third-order valence-electron chi connectivity index (χ3n) is 2.78. The number of carbonyl (C=O) groups is 1. The Morgan fingerprint density at radius 1 is 1.50 bits per heavy atom. The number of pyridine rings is 1. The summed E-state index contributed by atoms with van der Waals surface area (Å²) in [6, 6.07) is 4.27. The van der Waals surface area contributed by atoms with E-state index >= 15 is 0 Å². The number of nitrogens with zero attached hydrogens (tertiary/aromatic N) is 3. The number of aromatic nitrogens is 2. The van der Waals surface area contributed by atoms with Crippen LogP contribution in [0.2, 0.25) is 0 Å². The lowest BCUT2D eigenvalue weighted by atomic mass is 10.2. The number of carbonyl (C=O) groups excluding carboxylic acids is 1. The van der Waals surface area contributed by atoms with Gasteiger partial charge in [-0.25, -0.2) is 14.2 Å². The zero-order valence-corrected chi connectivity index (χ0v) is 11.3. The van der Waals surface area contributed by atoms with Crippen molar-refractivity contribution in [3.63, 3.8) is 0 Å². The van der Waals surface area contributed by atoms with Crippen LogP contribution in [0.1, 0.15) is 12.6 Å². The summed E-state index contributed by atoms with van der Waals surface area (Å²) in [5.74, 6) is 0.0152. The van der Waals surface area contributed by atoms with Crippen LogP contribution in [-0.2, 0) is 6.54 Å². The van der Waals surface area contributed by atoms with Gasteiger partial charge < -0.3 is 14.7 Å². The average Bonchev–Trinajstić information content (AvgIpc) is 2.93. The molecule has 1 N–H and O–H groups in total. The molecule has 0 aliphatic carbocycles. The Morgan fingerprint density at radius 3 is 2.95 bits per heavy atom. The molecular formula is C13H15FN4O2. The van der Waals surface area contributed by atoms with Crippen molar-refractivity contribution in [2.45, 2.75) is 13.5 Å². The molecule has 2 heterocycles. The van der Waals surface area contributed by atoms with Crippen molar-refractivity contribution >= 4 is 6.03 Å². The fourth-order valence-electron chi connectivity index (χ4n) is 1.48. The van der Waals surface area contributed by atoms with Gasteiger partial charge in [0.25, 0.3) is 0 Å². The van der Waals surface area contributed by atoms with Gasteiger partial charge in [0.1, 0.15) is 17.2 Å². The summed E-state index contributed by atoms with van der Waals surface area (Å²) < 4.78 is 17.9. The monoisotopic (exact) mass is 278 g/mol. The molecule has 0 aliphatic rings. The van der Waals surface area contributed by atoms with E-state index in [0.29, 0.717) is 23.7 Å². The number of nitrogens with one attached hydrogen (secondary N) is 1. The fraction of sp³-hybridized carbons (Fsp3) is 0.308. The number of hydrogen-bond acceptors (Lipinski definition) is 4. The number of halogens is 1. The molecule has 0 saturated carbocycles. The largest absolute Gasteiger partial charge is 0.354 e. The Morgan fingerprint density at radius 2 is 2.30 bits per heavy atom. The highest BCUT2D eigenvalue weighted by Gasteiger charge is 2.10. The summed E-state index contributed by atoms with van der Waals surface area (Å²) in [5, 5.41) is 6.54. The number of hydrogen-bond donors (Lipinski definition) is 1. The highest BCUT2D eigenvalue weighted by atomic mass is 19.1. The quantitative estimate of drug-likeness (QED) is 0.929. The van der Waals surface area contributed by atoms with Crippen molar-refractivity contribution in [3.05, 3.63) is 35.9 Å². The van der Waals surface area contributed by atoms with Gasteiger partial charge in [-0.05, 0) is 19.1 Å². The molecule has 7 heteroatoms. The van der Waals surface area contributed by atoms with Crippen molar-refractivity contribution in [3.8, 4) is 11.5 Å². The lowest BCUT2D eigenvalue weighted by molar-refractivity contribution is 0.210. The van der Waals surface area contributed by atoms with Crippen LogP contribution in [-0.4, -0.2) is 34.7 Å². The Kier molecular flexibility index (Phi) is 4.29. The maximum atomic E-state index is 12.8. The van der Waals surface area contributed by atoms with Gasteiger partial charge in [-0.1, -0.05) is 5.16 Å². The van der Waals surface area contributed by atoms with Gasteiger partial charge in [0.05, 0.1) is 12.7 Å². The molecule has 0 spiro atoms. The van der Waals surface area contributed by atoms with Crippen molar-refractivity contribution in [1.82, 2.24) is 20.4 Å². The van der Waals surface area contributed by atoms with Gasteiger partial charge >= 0.3 is 6.03 Å². The number of amides is 2. The van der Waals surface area contributed by atoms with Crippen LogP contribution < -0.4 is 5.32 Å². The first-order valence-electron chi connectivity index (χ1n) is 6.16. The molecular weight excluding hydrogens is 263 g/mol. The Hall–Kier alpha value is -2.44. The number of rotatable bonds is 4. The second-order valence-corrected chi connectivity index (χ2v) is 4.22. The van der Waals surface area contributed by atoms with E-state index in [-0.39, 0.29) is 12.6 Å².